The predicted octanol–water partition coefficient (Wildman–Crippen LogP) is 2.84. The number of thiazole rings is 1. The molecule has 0 atom stereocenters. The molecule has 92 valence electrons. The summed E-state index contributed by atoms with van der Waals surface area (Å²) in [5, 5.41) is 5.95. The molecule has 2 nitrogen and oxygen atoms in total. The Kier molecular flexibility index (Phi) is 5.57. The number of aromatic nitrogens is 1. The van der Waals surface area contributed by atoms with Gasteiger partial charge in [-0.1, -0.05) is 0 Å². The number of hydrogen-bond acceptors (Lipinski definition) is 4. The summed E-state index contributed by atoms with van der Waals surface area (Å²) in [5.74, 6) is 0.0552. The summed E-state index contributed by atoms with van der Waals surface area (Å²) in [6.45, 7) is 2.97. The lowest BCUT2D eigenvalue weighted by Crippen LogP contribution is -2.21. The van der Waals surface area contributed by atoms with Gasteiger partial charge >= 0.3 is 5.51 Å². The van der Waals surface area contributed by atoms with Gasteiger partial charge in [-0.15, -0.1) is 11.3 Å². The topological polar surface area (TPSA) is 24.9 Å². The van der Waals surface area contributed by atoms with Crippen LogP contribution >= 0.6 is 23.1 Å². The van der Waals surface area contributed by atoms with Crippen molar-refractivity contribution in [2.24, 2.45) is 0 Å². The maximum atomic E-state index is 11.8. The third-order valence-corrected chi connectivity index (χ3v) is 3.33. The summed E-state index contributed by atoms with van der Waals surface area (Å²) in [7, 11) is 0. The number of nitrogens with one attached hydrogen (secondary N) is 1. The second-order valence-corrected chi connectivity index (χ2v) is 5.37. The first-order valence-corrected chi connectivity index (χ1v) is 6.66. The molecule has 1 rings (SSSR count). The van der Waals surface area contributed by atoms with E-state index in [0.29, 0.717) is 13.1 Å². The van der Waals surface area contributed by atoms with Crippen LogP contribution in [0.5, 0.6) is 0 Å². The molecule has 0 aliphatic rings. The van der Waals surface area contributed by atoms with Gasteiger partial charge < -0.3 is 5.32 Å². The smallest absolute Gasteiger partial charge is 0.316 e. The van der Waals surface area contributed by atoms with Crippen LogP contribution in [0.1, 0.15) is 10.7 Å². The Morgan fingerprint density at radius 1 is 1.44 bits per heavy atom. The van der Waals surface area contributed by atoms with E-state index in [1.54, 1.807) is 11.3 Å². The number of rotatable bonds is 6. The van der Waals surface area contributed by atoms with Crippen molar-refractivity contribution in [3.8, 4) is 0 Å². The predicted molar refractivity (Wildman–Crippen MR) is 61.9 cm³/mol. The van der Waals surface area contributed by atoms with Gasteiger partial charge in [0, 0.05) is 30.6 Å². The van der Waals surface area contributed by atoms with Crippen molar-refractivity contribution in [1.82, 2.24) is 10.3 Å². The minimum Gasteiger partial charge on any atom is -0.316 e. The Bertz CT molecular complexity index is 312. The number of alkyl halides is 3. The number of nitrogens with zero attached hydrogens (tertiary/aromatic N) is 1. The number of thioether (sulfide) groups is 1. The highest BCUT2D eigenvalue weighted by atomic mass is 32.2. The molecular formula is C9H13F3N2S2. The van der Waals surface area contributed by atoms with E-state index >= 15 is 0 Å². The Morgan fingerprint density at radius 3 is 2.75 bits per heavy atom. The van der Waals surface area contributed by atoms with Gasteiger partial charge in [0.05, 0.1) is 10.7 Å². The molecule has 0 fully saturated rings. The lowest BCUT2D eigenvalue weighted by atomic mass is 10.3. The average molecular weight is 270 g/mol. The Balaban J connectivity index is 2.00. The Hall–Kier alpha value is -0.270. The molecule has 1 aromatic heterocycles. The molecule has 16 heavy (non-hydrogen) atoms. The fraction of sp³-hybridized carbons (Fsp3) is 0.667. The zero-order chi connectivity index (χ0) is 12.0. The molecule has 0 spiro atoms. The fourth-order valence-electron chi connectivity index (χ4n) is 1.10. The van der Waals surface area contributed by atoms with Gasteiger partial charge in [0.25, 0.3) is 0 Å². The van der Waals surface area contributed by atoms with Gasteiger partial charge in [0.15, 0.2) is 0 Å². The van der Waals surface area contributed by atoms with E-state index < -0.39 is 5.51 Å². The second kappa shape index (κ2) is 6.46. The zero-order valence-electron chi connectivity index (χ0n) is 8.80. The van der Waals surface area contributed by atoms with Crippen LogP contribution in [0.15, 0.2) is 5.38 Å². The molecular weight excluding hydrogens is 257 g/mol. The molecule has 1 heterocycles. The molecule has 1 aromatic rings. The van der Waals surface area contributed by atoms with Crippen molar-refractivity contribution in [3.63, 3.8) is 0 Å². The normalized spacial score (nSPS) is 12.0. The van der Waals surface area contributed by atoms with Crippen LogP contribution in [-0.2, 0) is 6.42 Å². The summed E-state index contributed by atoms with van der Waals surface area (Å²) in [6, 6.07) is 0. The van der Waals surface area contributed by atoms with Crippen molar-refractivity contribution in [3.05, 3.63) is 16.1 Å². The van der Waals surface area contributed by atoms with Gasteiger partial charge in [0.2, 0.25) is 0 Å². The average Bonchev–Trinajstić information content (AvgIpc) is 2.56. The van der Waals surface area contributed by atoms with Gasteiger partial charge in [-0.2, -0.15) is 13.2 Å². The van der Waals surface area contributed by atoms with Crippen molar-refractivity contribution in [1.29, 1.82) is 0 Å². The summed E-state index contributed by atoms with van der Waals surface area (Å²) in [6.07, 6.45) is 0.765. The molecule has 0 aromatic carbocycles. The van der Waals surface area contributed by atoms with Gasteiger partial charge in [-0.3, -0.25) is 0 Å². The third-order valence-electron chi connectivity index (χ3n) is 1.77. The lowest BCUT2D eigenvalue weighted by molar-refractivity contribution is -0.0327. The molecule has 0 unspecified atom stereocenters. The monoisotopic (exact) mass is 270 g/mol. The van der Waals surface area contributed by atoms with Crippen molar-refractivity contribution in [2.45, 2.75) is 18.9 Å². The zero-order valence-corrected chi connectivity index (χ0v) is 10.4. The second-order valence-electron chi connectivity index (χ2n) is 3.15. The van der Waals surface area contributed by atoms with Crippen LogP contribution in [0.4, 0.5) is 13.2 Å². The molecule has 0 aliphatic carbocycles. The summed E-state index contributed by atoms with van der Waals surface area (Å²) in [4.78, 5) is 4.26. The van der Waals surface area contributed by atoms with E-state index in [2.05, 4.69) is 10.3 Å². The van der Waals surface area contributed by atoms with Crippen LogP contribution in [0.25, 0.3) is 0 Å². The molecule has 0 saturated carbocycles. The van der Waals surface area contributed by atoms with Gasteiger partial charge in [-0.25, -0.2) is 4.98 Å². The highest BCUT2D eigenvalue weighted by Crippen LogP contribution is 2.29. The minimum absolute atomic E-state index is 0.00787. The van der Waals surface area contributed by atoms with Crippen LogP contribution in [0.3, 0.4) is 0 Å². The van der Waals surface area contributed by atoms with E-state index in [4.69, 9.17) is 0 Å². The van der Waals surface area contributed by atoms with E-state index in [1.807, 2.05) is 12.3 Å². The highest BCUT2D eigenvalue weighted by Gasteiger charge is 2.27. The summed E-state index contributed by atoms with van der Waals surface area (Å²) in [5.41, 5.74) is -3.12. The van der Waals surface area contributed by atoms with Crippen molar-refractivity contribution < 1.29 is 13.2 Å². The number of hydrogen-bond donors (Lipinski definition) is 1. The van der Waals surface area contributed by atoms with Crippen molar-refractivity contribution >= 4 is 23.1 Å². The van der Waals surface area contributed by atoms with Crippen LogP contribution < -0.4 is 5.32 Å². The van der Waals surface area contributed by atoms with E-state index in [9.17, 15) is 13.2 Å². The number of halogens is 3. The molecule has 0 amide bonds. The lowest BCUT2D eigenvalue weighted by Gasteiger charge is -2.06. The van der Waals surface area contributed by atoms with E-state index in [0.717, 1.165) is 17.1 Å². The third kappa shape index (κ3) is 6.34. The van der Waals surface area contributed by atoms with E-state index in [-0.39, 0.29) is 17.5 Å². The van der Waals surface area contributed by atoms with Crippen LogP contribution in [-0.4, -0.2) is 29.3 Å². The first-order chi connectivity index (χ1) is 7.47. The van der Waals surface area contributed by atoms with Crippen molar-refractivity contribution in [2.75, 3.05) is 18.8 Å². The molecule has 0 radical (unpaired) electrons. The largest absolute Gasteiger partial charge is 0.441 e. The molecule has 0 aliphatic heterocycles. The minimum atomic E-state index is -4.12. The maximum Gasteiger partial charge on any atom is 0.441 e. The van der Waals surface area contributed by atoms with Crippen LogP contribution in [0.2, 0.25) is 0 Å². The first-order valence-electron chi connectivity index (χ1n) is 4.80. The van der Waals surface area contributed by atoms with Gasteiger partial charge in [-0.05, 0) is 18.7 Å². The highest BCUT2D eigenvalue weighted by molar-refractivity contribution is 8.00. The fourth-order valence-corrected chi connectivity index (χ4v) is 2.23. The maximum absolute atomic E-state index is 11.8. The summed E-state index contributed by atoms with van der Waals surface area (Å²) < 4.78 is 35.3. The molecule has 0 saturated heterocycles. The summed E-state index contributed by atoms with van der Waals surface area (Å²) >= 11 is 1.59. The molecule has 1 N–H and O–H groups in total. The van der Waals surface area contributed by atoms with E-state index in [1.165, 1.54) is 0 Å². The van der Waals surface area contributed by atoms with Crippen LogP contribution in [0, 0.1) is 6.92 Å². The number of aryl methyl sites for hydroxylation is 1. The first kappa shape index (κ1) is 13.8. The molecule has 0 bridgehead atoms. The quantitative estimate of drug-likeness (QED) is 0.805. The standard InChI is InChI=1S/C9H13F3N2S2/c1-7-14-8(6-15-7)2-3-13-4-5-16-9(10,11)12/h6,13H,2-5H2,1H3. The molecule has 7 heteroatoms. The Labute approximate surface area is 101 Å². The SMILES string of the molecule is Cc1nc(CCNCCSC(F)(F)F)cs1. The van der Waals surface area contributed by atoms with Gasteiger partial charge in [0.1, 0.15) is 0 Å². The Morgan fingerprint density at radius 2 is 2.19 bits per heavy atom.